The van der Waals surface area contributed by atoms with Crippen molar-refractivity contribution in [3.63, 3.8) is 0 Å². The molecular formula is C16H20BrN3. The highest BCUT2D eigenvalue weighted by atomic mass is 79.9. The Hall–Kier alpha value is -1.42. The first-order chi connectivity index (χ1) is 9.78. The zero-order valence-corrected chi connectivity index (χ0v) is 13.4. The molecule has 2 aromatic rings. The minimum atomic E-state index is 0.849. The van der Waals surface area contributed by atoms with Crippen molar-refractivity contribution < 1.29 is 0 Å². The van der Waals surface area contributed by atoms with E-state index in [1.807, 2.05) is 6.07 Å². The lowest BCUT2D eigenvalue weighted by Gasteiger charge is -2.08. The molecular weight excluding hydrogens is 314 g/mol. The van der Waals surface area contributed by atoms with E-state index in [4.69, 9.17) is 0 Å². The van der Waals surface area contributed by atoms with Crippen LogP contribution in [0.1, 0.15) is 31.2 Å². The molecule has 0 fully saturated rings. The fourth-order valence-electron chi connectivity index (χ4n) is 2.04. The van der Waals surface area contributed by atoms with Crippen LogP contribution in [0.4, 0.5) is 5.82 Å². The van der Waals surface area contributed by atoms with Gasteiger partial charge in [-0.25, -0.2) is 9.97 Å². The number of benzene rings is 1. The number of nitrogens with one attached hydrogen (secondary N) is 1. The first-order valence-corrected chi connectivity index (χ1v) is 7.88. The maximum absolute atomic E-state index is 4.52. The Balaban J connectivity index is 1.81. The van der Waals surface area contributed by atoms with Crippen molar-refractivity contribution in [2.24, 2.45) is 0 Å². The normalized spacial score (nSPS) is 10.5. The zero-order chi connectivity index (χ0) is 14.2. The third kappa shape index (κ3) is 4.93. The van der Waals surface area contributed by atoms with E-state index in [-0.39, 0.29) is 0 Å². The second-order valence-corrected chi connectivity index (χ2v) is 5.57. The van der Waals surface area contributed by atoms with Gasteiger partial charge in [0.1, 0.15) is 16.2 Å². The average Bonchev–Trinajstić information content (AvgIpc) is 2.45. The Labute approximate surface area is 129 Å². The summed E-state index contributed by atoms with van der Waals surface area (Å²) in [5.74, 6) is 1.80. The van der Waals surface area contributed by atoms with Gasteiger partial charge < -0.3 is 5.32 Å². The molecule has 4 heteroatoms. The number of halogens is 1. The van der Waals surface area contributed by atoms with Gasteiger partial charge in [0.05, 0.1) is 0 Å². The van der Waals surface area contributed by atoms with Crippen LogP contribution < -0.4 is 5.32 Å². The van der Waals surface area contributed by atoms with Crippen LogP contribution in [0.5, 0.6) is 0 Å². The maximum atomic E-state index is 4.52. The summed E-state index contributed by atoms with van der Waals surface area (Å²) in [6.07, 6.45) is 4.15. The fraction of sp³-hybridized carbons (Fsp3) is 0.375. The molecule has 1 aromatic heterocycles. The molecule has 2 rings (SSSR count). The second-order valence-electron chi connectivity index (χ2n) is 4.76. The summed E-state index contributed by atoms with van der Waals surface area (Å²) in [5, 5.41) is 3.37. The molecule has 0 aliphatic carbocycles. The summed E-state index contributed by atoms with van der Waals surface area (Å²) in [6.45, 7) is 3.06. The van der Waals surface area contributed by atoms with E-state index in [1.165, 1.54) is 5.56 Å². The molecule has 0 amide bonds. The number of aromatic nitrogens is 2. The van der Waals surface area contributed by atoms with Gasteiger partial charge in [-0.2, -0.15) is 0 Å². The van der Waals surface area contributed by atoms with Gasteiger partial charge >= 0.3 is 0 Å². The average molecular weight is 334 g/mol. The van der Waals surface area contributed by atoms with Crippen molar-refractivity contribution in [3.8, 4) is 0 Å². The number of hydrogen-bond acceptors (Lipinski definition) is 3. The van der Waals surface area contributed by atoms with Crippen LogP contribution in [0.3, 0.4) is 0 Å². The number of aryl methyl sites for hydroxylation is 2. The van der Waals surface area contributed by atoms with Crippen LogP contribution in [0, 0.1) is 0 Å². The highest BCUT2D eigenvalue weighted by Crippen LogP contribution is 2.13. The van der Waals surface area contributed by atoms with E-state index in [0.717, 1.165) is 48.5 Å². The molecule has 0 bridgehead atoms. The molecule has 0 saturated carbocycles. The molecule has 1 heterocycles. The molecule has 3 nitrogen and oxygen atoms in total. The van der Waals surface area contributed by atoms with Crippen LogP contribution in [0.2, 0.25) is 0 Å². The predicted octanol–water partition coefficient (Wildman–Crippen LogP) is 4.24. The maximum Gasteiger partial charge on any atom is 0.132 e. The van der Waals surface area contributed by atoms with Crippen LogP contribution >= 0.6 is 15.9 Å². The largest absolute Gasteiger partial charge is 0.370 e. The van der Waals surface area contributed by atoms with E-state index >= 15 is 0 Å². The SMILES string of the molecule is CCCc1nc(Br)cc(NCCCc2ccccc2)n1. The standard InChI is InChI=1S/C16H20BrN3/c1-2-7-15-19-14(17)12-16(20-15)18-11-6-10-13-8-4-3-5-9-13/h3-5,8-9,12H,2,6-7,10-11H2,1H3,(H,18,19,20). The Morgan fingerprint density at radius 2 is 1.90 bits per heavy atom. The first-order valence-electron chi connectivity index (χ1n) is 7.09. The number of rotatable bonds is 7. The third-order valence-electron chi connectivity index (χ3n) is 3.01. The summed E-state index contributed by atoms with van der Waals surface area (Å²) in [6, 6.07) is 12.5. The quantitative estimate of drug-likeness (QED) is 0.608. The smallest absolute Gasteiger partial charge is 0.132 e. The summed E-state index contributed by atoms with van der Waals surface area (Å²) >= 11 is 3.44. The lowest BCUT2D eigenvalue weighted by Crippen LogP contribution is -2.07. The lowest BCUT2D eigenvalue weighted by molar-refractivity contribution is 0.819. The molecule has 1 aromatic carbocycles. The van der Waals surface area contributed by atoms with Crippen molar-refractivity contribution in [1.29, 1.82) is 0 Å². The van der Waals surface area contributed by atoms with Gasteiger partial charge in [-0.15, -0.1) is 0 Å². The second kappa shape index (κ2) is 8.00. The van der Waals surface area contributed by atoms with Gasteiger partial charge in [0.2, 0.25) is 0 Å². The van der Waals surface area contributed by atoms with Gasteiger partial charge in [-0.3, -0.25) is 0 Å². The highest BCUT2D eigenvalue weighted by molar-refractivity contribution is 9.10. The van der Waals surface area contributed by atoms with Gasteiger partial charge in [-0.1, -0.05) is 37.3 Å². The molecule has 0 saturated heterocycles. The monoisotopic (exact) mass is 333 g/mol. The summed E-state index contributed by atoms with van der Waals surface area (Å²) in [5.41, 5.74) is 1.38. The topological polar surface area (TPSA) is 37.8 Å². The molecule has 1 N–H and O–H groups in total. The molecule has 0 spiro atoms. The lowest BCUT2D eigenvalue weighted by atomic mass is 10.1. The van der Waals surface area contributed by atoms with Gasteiger partial charge in [0, 0.05) is 19.0 Å². The predicted molar refractivity (Wildman–Crippen MR) is 87.0 cm³/mol. The van der Waals surface area contributed by atoms with Crippen LogP contribution in [0.15, 0.2) is 41.0 Å². The van der Waals surface area contributed by atoms with Crippen LogP contribution in [-0.4, -0.2) is 16.5 Å². The highest BCUT2D eigenvalue weighted by Gasteiger charge is 2.02. The van der Waals surface area contributed by atoms with Crippen molar-refractivity contribution in [3.05, 3.63) is 52.4 Å². The summed E-state index contributed by atoms with van der Waals surface area (Å²) < 4.78 is 0.849. The van der Waals surface area contributed by atoms with E-state index in [0.29, 0.717) is 0 Å². The molecule has 106 valence electrons. The Morgan fingerprint density at radius 1 is 1.10 bits per heavy atom. The van der Waals surface area contributed by atoms with Gasteiger partial charge in [0.25, 0.3) is 0 Å². The molecule has 20 heavy (non-hydrogen) atoms. The molecule has 0 aliphatic heterocycles. The van der Waals surface area contributed by atoms with Crippen molar-refractivity contribution in [1.82, 2.24) is 9.97 Å². The van der Waals surface area contributed by atoms with Crippen molar-refractivity contribution in [2.45, 2.75) is 32.6 Å². The van der Waals surface area contributed by atoms with E-state index in [9.17, 15) is 0 Å². The number of anilines is 1. The third-order valence-corrected chi connectivity index (χ3v) is 3.41. The molecule has 0 atom stereocenters. The van der Waals surface area contributed by atoms with Crippen molar-refractivity contribution in [2.75, 3.05) is 11.9 Å². The molecule has 0 unspecified atom stereocenters. The van der Waals surface area contributed by atoms with E-state index in [1.54, 1.807) is 0 Å². The van der Waals surface area contributed by atoms with E-state index in [2.05, 4.69) is 68.5 Å². The Bertz CT molecular complexity index is 529. The zero-order valence-electron chi connectivity index (χ0n) is 11.8. The summed E-state index contributed by atoms with van der Waals surface area (Å²) in [4.78, 5) is 8.88. The van der Waals surface area contributed by atoms with Gasteiger partial charge in [-0.05, 0) is 40.8 Å². The summed E-state index contributed by atoms with van der Waals surface area (Å²) in [7, 11) is 0. The van der Waals surface area contributed by atoms with Gasteiger partial charge in [0.15, 0.2) is 0 Å². The minimum Gasteiger partial charge on any atom is -0.370 e. The Kier molecular flexibility index (Phi) is 5.99. The molecule has 0 aliphatic rings. The van der Waals surface area contributed by atoms with E-state index < -0.39 is 0 Å². The number of hydrogen-bond donors (Lipinski definition) is 1. The van der Waals surface area contributed by atoms with Crippen molar-refractivity contribution >= 4 is 21.7 Å². The molecule has 0 radical (unpaired) electrons. The van der Waals surface area contributed by atoms with Crippen LogP contribution in [0.25, 0.3) is 0 Å². The fourth-order valence-corrected chi connectivity index (χ4v) is 2.47. The first kappa shape index (κ1) is 15.0. The minimum absolute atomic E-state index is 0.849. The van der Waals surface area contributed by atoms with Crippen LogP contribution in [-0.2, 0) is 12.8 Å². The number of nitrogens with zero attached hydrogens (tertiary/aromatic N) is 2. The Morgan fingerprint density at radius 3 is 2.65 bits per heavy atom.